The molecule has 0 saturated heterocycles. The molecule has 1 aliphatic heterocycles. The number of halogens is 2. The van der Waals surface area contributed by atoms with Gasteiger partial charge in [-0.2, -0.15) is 4.98 Å². The van der Waals surface area contributed by atoms with Gasteiger partial charge in [-0.3, -0.25) is 4.79 Å². The summed E-state index contributed by atoms with van der Waals surface area (Å²) in [6.07, 6.45) is 0.844. The average Bonchev–Trinajstić information content (AvgIpc) is 2.94. The maximum Gasteiger partial charge on any atom is 0.234 e. The average molecular weight is 341 g/mol. The molecule has 0 radical (unpaired) electrons. The SMILES string of the molecule is CNC(C)Cc1noc(C2CC(=O)Nc3cc(F)ccc32)n1.Cl. The smallest absolute Gasteiger partial charge is 0.234 e. The first kappa shape index (κ1) is 17.4. The summed E-state index contributed by atoms with van der Waals surface area (Å²) in [4.78, 5) is 16.2. The maximum atomic E-state index is 13.3. The highest BCUT2D eigenvalue weighted by Crippen LogP contribution is 2.36. The molecule has 23 heavy (non-hydrogen) atoms. The second-order valence-electron chi connectivity index (χ2n) is 5.48. The lowest BCUT2D eigenvalue weighted by Crippen LogP contribution is -2.25. The number of anilines is 1. The Kier molecular flexibility index (Phi) is 5.33. The molecule has 0 spiro atoms. The number of nitrogens with one attached hydrogen (secondary N) is 2. The Labute approximate surface area is 139 Å². The summed E-state index contributed by atoms with van der Waals surface area (Å²) in [5.74, 6) is 0.0585. The Bertz CT molecular complexity index is 707. The Balaban J connectivity index is 0.00000192. The summed E-state index contributed by atoms with van der Waals surface area (Å²) in [5, 5.41) is 9.74. The Morgan fingerprint density at radius 1 is 1.52 bits per heavy atom. The van der Waals surface area contributed by atoms with Crippen molar-refractivity contribution in [2.24, 2.45) is 0 Å². The maximum absolute atomic E-state index is 13.3. The number of carbonyl (C=O) groups is 1. The molecular weight excluding hydrogens is 323 g/mol. The molecular formula is C15H18ClFN4O2. The minimum absolute atomic E-state index is 0. The van der Waals surface area contributed by atoms with Crippen LogP contribution >= 0.6 is 12.4 Å². The van der Waals surface area contributed by atoms with Crippen molar-refractivity contribution in [2.45, 2.75) is 31.7 Å². The van der Waals surface area contributed by atoms with E-state index in [-0.39, 0.29) is 36.7 Å². The van der Waals surface area contributed by atoms with Gasteiger partial charge < -0.3 is 15.2 Å². The van der Waals surface area contributed by atoms with E-state index in [0.29, 0.717) is 23.8 Å². The van der Waals surface area contributed by atoms with Gasteiger partial charge >= 0.3 is 0 Å². The monoisotopic (exact) mass is 340 g/mol. The minimum Gasteiger partial charge on any atom is -0.339 e. The number of hydrogen-bond acceptors (Lipinski definition) is 5. The predicted molar refractivity (Wildman–Crippen MR) is 85.3 cm³/mol. The zero-order valence-electron chi connectivity index (χ0n) is 12.8. The van der Waals surface area contributed by atoms with Crippen LogP contribution in [0.25, 0.3) is 0 Å². The van der Waals surface area contributed by atoms with E-state index in [2.05, 4.69) is 20.8 Å². The van der Waals surface area contributed by atoms with Crippen LogP contribution in [0.2, 0.25) is 0 Å². The molecule has 1 aromatic carbocycles. The summed E-state index contributed by atoms with van der Waals surface area (Å²) in [5.41, 5.74) is 1.25. The third-order valence-corrected chi connectivity index (χ3v) is 3.82. The number of hydrogen-bond donors (Lipinski definition) is 2. The standard InChI is InChI=1S/C15H17FN4O2.ClH/c1-8(17-2)5-13-19-15(22-20-13)11-7-14(21)18-12-6-9(16)3-4-10(11)12;/h3-4,6,8,11,17H,5,7H2,1-2H3,(H,18,21);1H. The Hall–Kier alpha value is -1.99. The van der Waals surface area contributed by atoms with Gasteiger partial charge in [-0.05, 0) is 31.7 Å². The lowest BCUT2D eigenvalue weighted by molar-refractivity contribution is -0.116. The van der Waals surface area contributed by atoms with Gasteiger partial charge in [0.15, 0.2) is 5.82 Å². The van der Waals surface area contributed by atoms with E-state index in [1.165, 1.54) is 12.1 Å². The molecule has 1 aromatic heterocycles. The van der Waals surface area contributed by atoms with E-state index in [1.54, 1.807) is 6.07 Å². The number of benzene rings is 1. The number of likely N-dealkylation sites (N-methyl/N-ethyl adjacent to an activating group) is 1. The second kappa shape index (κ2) is 7.06. The molecule has 124 valence electrons. The highest BCUT2D eigenvalue weighted by atomic mass is 35.5. The molecule has 0 aliphatic carbocycles. The fourth-order valence-corrected chi connectivity index (χ4v) is 2.53. The number of rotatable bonds is 4. The molecule has 3 rings (SSSR count). The van der Waals surface area contributed by atoms with Crippen molar-refractivity contribution >= 4 is 24.0 Å². The number of amides is 1. The third kappa shape index (κ3) is 3.68. The Morgan fingerprint density at radius 2 is 2.30 bits per heavy atom. The van der Waals surface area contributed by atoms with E-state index in [9.17, 15) is 9.18 Å². The van der Waals surface area contributed by atoms with Crippen molar-refractivity contribution in [3.05, 3.63) is 41.3 Å². The van der Waals surface area contributed by atoms with Crippen molar-refractivity contribution < 1.29 is 13.7 Å². The molecule has 0 saturated carbocycles. The quantitative estimate of drug-likeness (QED) is 0.892. The first-order chi connectivity index (χ1) is 10.6. The van der Waals surface area contributed by atoms with Gasteiger partial charge in [0.2, 0.25) is 11.8 Å². The Morgan fingerprint density at radius 3 is 3.04 bits per heavy atom. The molecule has 8 heteroatoms. The molecule has 2 aromatic rings. The van der Waals surface area contributed by atoms with Crippen LogP contribution in [0.1, 0.15) is 36.5 Å². The number of carbonyl (C=O) groups excluding carboxylic acids is 1. The largest absolute Gasteiger partial charge is 0.339 e. The van der Waals surface area contributed by atoms with Crippen LogP contribution in [0.4, 0.5) is 10.1 Å². The zero-order chi connectivity index (χ0) is 15.7. The van der Waals surface area contributed by atoms with Crippen molar-refractivity contribution in [2.75, 3.05) is 12.4 Å². The van der Waals surface area contributed by atoms with Gasteiger partial charge in [-0.15, -0.1) is 12.4 Å². The summed E-state index contributed by atoms with van der Waals surface area (Å²) in [6.45, 7) is 2.02. The van der Waals surface area contributed by atoms with Crippen LogP contribution in [0.15, 0.2) is 22.7 Å². The lowest BCUT2D eigenvalue weighted by atomic mass is 9.90. The van der Waals surface area contributed by atoms with Crippen LogP contribution < -0.4 is 10.6 Å². The number of fused-ring (bicyclic) bond motifs is 1. The highest BCUT2D eigenvalue weighted by Gasteiger charge is 2.31. The van der Waals surface area contributed by atoms with E-state index < -0.39 is 5.82 Å². The van der Waals surface area contributed by atoms with Crippen molar-refractivity contribution in [3.63, 3.8) is 0 Å². The first-order valence-electron chi connectivity index (χ1n) is 7.16. The lowest BCUT2D eigenvalue weighted by Gasteiger charge is -2.22. The van der Waals surface area contributed by atoms with Crippen LogP contribution in [-0.4, -0.2) is 29.1 Å². The van der Waals surface area contributed by atoms with E-state index in [0.717, 1.165) is 5.56 Å². The van der Waals surface area contributed by atoms with Crippen LogP contribution in [0.5, 0.6) is 0 Å². The fraction of sp³-hybridized carbons (Fsp3) is 0.400. The summed E-state index contributed by atoms with van der Waals surface area (Å²) in [6, 6.07) is 4.54. The third-order valence-electron chi connectivity index (χ3n) is 3.82. The normalized spacial score (nSPS) is 17.9. The van der Waals surface area contributed by atoms with E-state index in [1.807, 2.05) is 14.0 Å². The molecule has 2 N–H and O–H groups in total. The molecule has 6 nitrogen and oxygen atoms in total. The molecule has 1 aliphatic rings. The number of aromatic nitrogens is 2. The van der Waals surface area contributed by atoms with Crippen LogP contribution in [-0.2, 0) is 11.2 Å². The van der Waals surface area contributed by atoms with Gasteiger partial charge in [0, 0.05) is 24.6 Å². The van der Waals surface area contributed by atoms with Crippen molar-refractivity contribution in [3.8, 4) is 0 Å². The van der Waals surface area contributed by atoms with Gasteiger partial charge in [0.1, 0.15) is 5.82 Å². The van der Waals surface area contributed by atoms with Gasteiger partial charge in [-0.1, -0.05) is 11.2 Å². The molecule has 0 bridgehead atoms. The van der Waals surface area contributed by atoms with Gasteiger partial charge in [-0.25, -0.2) is 4.39 Å². The molecule has 2 unspecified atom stereocenters. The summed E-state index contributed by atoms with van der Waals surface area (Å²) < 4.78 is 18.7. The predicted octanol–water partition coefficient (Wildman–Crippen LogP) is 2.26. The molecule has 2 heterocycles. The van der Waals surface area contributed by atoms with Gasteiger partial charge in [0.05, 0.1) is 5.92 Å². The summed E-state index contributed by atoms with van der Waals surface area (Å²) >= 11 is 0. The van der Waals surface area contributed by atoms with E-state index in [4.69, 9.17) is 4.52 Å². The second-order valence-corrected chi connectivity index (χ2v) is 5.48. The van der Waals surface area contributed by atoms with E-state index >= 15 is 0 Å². The van der Waals surface area contributed by atoms with Crippen LogP contribution in [0, 0.1) is 5.82 Å². The molecule has 1 amide bonds. The van der Waals surface area contributed by atoms with Crippen LogP contribution in [0.3, 0.4) is 0 Å². The molecule has 2 atom stereocenters. The highest BCUT2D eigenvalue weighted by molar-refractivity contribution is 5.95. The van der Waals surface area contributed by atoms with Gasteiger partial charge in [0.25, 0.3) is 0 Å². The minimum atomic E-state index is -0.395. The van der Waals surface area contributed by atoms with Crippen molar-refractivity contribution in [1.82, 2.24) is 15.5 Å². The first-order valence-corrected chi connectivity index (χ1v) is 7.16. The zero-order valence-corrected chi connectivity index (χ0v) is 13.6. The van der Waals surface area contributed by atoms with Crippen molar-refractivity contribution in [1.29, 1.82) is 0 Å². The molecule has 0 fully saturated rings. The fourth-order valence-electron chi connectivity index (χ4n) is 2.53. The summed E-state index contributed by atoms with van der Waals surface area (Å²) in [7, 11) is 1.86. The number of nitrogens with zero attached hydrogens (tertiary/aromatic N) is 2. The topological polar surface area (TPSA) is 80.0 Å².